The second kappa shape index (κ2) is 8.57. The van der Waals surface area contributed by atoms with Gasteiger partial charge in [0.15, 0.2) is 17.0 Å². The van der Waals surface area contributed by atoms with Crippen LogP contribution in [0.4, 0.5) is 5.82 Å². The molecular formula is C25H20ClN5O4S. The van der Waals surface area contributed by atoms with Crippen LogP contribution in [0.1, 0.15) is 23.2 Å². The number of benzene rings is 1. The number of aliphatic hydroxyl groups is 2. The monoisotopic (exact) mass is 521 g/mol. The number of aliphatic hydroxyl groups excluding tert-OH is 2. The number of anilines is 1. The van der Waals surface area contributed by atoms with Crippen molar-refractivity contribution in [3.05, 3.63) is 63.8 Å². The molecule has 2 aliphatic carbocycles. The molecule has 0 saturated heterocycles. The number of carbonyl (C=O) groups is 1. The average molecular weight is 522 g/mol. The highest BCUT2D eigenvalue weighted by Gasteiger charge is 2.76. The molecule has 3 N–H and O–H groups in total. The third kappa shape index (κ3) is 3.55. The average Bonchev–Trinajstić information content (AvgIpc) is 3.13. The number of carbonyl (C=O) groups excluding carboxylic acids is 1. The molecule has 3 heterocycles. The van der Waals surface area contributed by atoms with Crippen molar-refractivity contribution in [2.24, 2.45) is 11.3 Å². The number of rotatable bonds is 4. The van der Waals surface area contributed by atoms with Crippen molar-refractivity contribution < 1.29 is 19.7 Å². The number of hydrogen-bond donors (Lipinski definition) is 3. The van der Waals surface area contributed by atoms with Gasteiger partial charge in [0, 0.05) is 13.0 Å². The fourth-order valence-electron chi connectivity index (χ4n) is 5.07. The molecule has 0 radical (unpaired) electrons. The van der Waals surface area contributed by atoms with Gasteiger partial charge >= 0.3 is 5.97 Å². The lowest BCUT2D eigenvalue weighted by Crippen LogP contribution is -2.39. The number of halogens is 1. The van der Waals surface area contributed by atoms with Crippen molar-refractivity contribution in [1.82, 2.24) is 19.5 Å². The number of thiophene rings is 1. The van der Waals surface area contributed by atoms with Gasteiger partial charge in [0.2, 0.25) is 5.82 Å². The van der Waals surface area contributed by atoms with Crippen LogP contribution in [0.25, 0.3) is 11.2 Å². The molecule has 3 aromatic heterocycles. The molecule has 5 atom stereocenters. The van der Waals surface area contributed by atoms with Crippen LogP contribution in [0.5, 0.6) is 5.75 Å². The zero-order valence-corrected chi connectivity index (χ0v) is 20.5. The van der Waals surface area contributed by atoms with Crippen molar-refractivity contribution >= 4 is 45.9 Å². The minimum absolute atomic E-state index is 0.261. The van der Waals surface area contributed by atoms with Crippen LogP contribution in [0.15, 0.2) is 48.8 Å². The van der Waals surface area contributed by atoms with Crippen LogP contribution in [0.2, 0.25) is 4.34 Å². The summed E-state index contributed by atoms with van der Waals surface area (Å²) >= 11 is 7.34. The van der Waals surface area contributed by atoms with Gasteiger partial charge in [-0.05, 0) is 42.5 Å². The lowest BCUT2D eigenvalue weighted by molar-refractivity contribution is -0.147. The Kier molecular flexibility index (Phi) is 5.46. The first-order valence-electron chi connectivity index (χ1n) is 11.3. The molecule has 4 aromatic rings. The third-order valence-corrected chi connectivity index (χ3v) is 8.00. The maximum Gasteiger partial charge on any atom is 0.320 e. The van der Waals surface area contributed by atoms with E-state index in [0.717, 1.165) is 4.88 Å². The minimum atomic E-state index is -1.28. The summed E-state index contributed by atoms with van der Waals surface area (Å²) in [5.74, 6) is 6.20. The highest BCUT2D eigenvalue weighted by molar-refractivity contribution is 7.16. The molecule has 182 valence electrons. The third-order valence-electron chi connectivity index (χ3n) is 6.86. The van der Waals surface area contributed by atoms with Crippen LogP contribution in [-0.4, -0.2) is 55.0 Å². The van der Waals surface area contributed by atoms with Crippen molar-refractivity contribution in [1.29, 1.82) is 0 Å². The number of nitrogens with zero attached hydrogens (tertiary/aromatic N) is 4. The van der Waals surface area contributed by atoms with Gasteiger partial charge in [-0.25, -0.2) is 15.0 Å². The van der Waals surface area contributed by atoms with E-state index in [1.165, 1.54) is 11.3 Å². The van der Waals surface area contributed by atoms with E-state index >= 15 is 0 Å². The smallest absolute Gasteiger partial charge is 0.320 e. The van der Waals surface area contributed by atoms with Crippen LogP contribution in [-0.2, 0) is 4.79 Å². The van der Waals surface area contributed by atoms with E-state index in [1.807, 2.05) is 12.1 Å². The Hall–Kier alpha value is -3.49. The van der Waals surface area contributed by atoms with Crippen LogP contribution >= 0.6 is 22.9 Å². The summed E-state index contributed by atoms with van der Waals surface area (Å²) in [5, 5.41) is 25.0. The number of para-hydroxylation sites is 1. The molecule has 0 spiro atoms. The Bertz CT molecular complexity index is 1540. The van der Waals surface area contributed by atoms with Gasteiger partial charge in [-0.2, -0.15) is 0 Å². The van der Waals surface area contributed by atoms with E-state index in [1.54, 1.807) is 48.3 Å². The molecule has 2 saturated carbocycles. The van der Waals surface area contributed by atoms with Crippen LogP contribution in [0.3, 0.4) is 0 Å². The van der Waals surface area contributed by atoms with E-state index in [9.17, 15) is 15.0 Å². The molecule has 9 nitrogen and oxygen atoms in total. The van der Waals surface area contributed by atoms with Crippen molar-refractivity contribution in [3.8, 4) is 17.6 Å². The van der Waals surface area contributed by atoms with Gasteiger partial charge in [-0.3, -0.25) is 4.79 Å². The second-order valence-electron chi connectivity index (χ2n) is 8.80. The highest BCUT2D eigenvalue weighted by Crippen LogP contribution is 2.68. The Morgan fingerprint density at radius 3 is 2.75 bits per heavy atom. The van der Waals surface area contributed by atoms with Gasteiger partial charge < -0.3 is 24.8 Å². The predicted molar refractivity (Wildman–Crippen MR) is 134 cm³/mol. The Morgan fingerprint density at radius 2 is 2.03 bits per heavy atom. The quantitative estimate of drug-likeness (QED) is 0.213. The van der Waals surface area contributed by atoms with E-state index < -0.39 is 29.6 Å². The first-order chi connectivity index (χ1) is 17.4. The summed E-state index contributed by atoms with van der Waals surface area (Å²) in [4.78, 5) is 27.4. The van der Waals surface area contributed by atoms with Crippen molar-refractivity contribution in [2.45, 2.75) is 24.7 Å². The SMILES string of the molecule is CNc1nc(C#Cc2ccc(Cl)s2)nc2c1ncn2[C@H]1[C@H](O)[C@H](O)[C@@]2(C(=O)Oc3ccccc3)C[C@H]12. The molecule has 0 bridgehead atoms. The zero-order valence-electron chi connectivity index (χ0n) is 18.9. The molecule has 2 aliphatic rings. The lowest BCUT2D eigenvalue weighted by atomic mass is 9.99. The fourth-order valence-corrected chi connectivity index (χ4v) is 5.97. The molecule has 0 amide bonds. The number of esters is 1. The standard InChI is InChI=1S/C25H20ClN5O4S/c1-27-22-18-23(30-17(29-22)10-8-14-7-9-16(26)36-14)31(12-28-18)19-15-11-25(15,21(33)20(19)32)24(34)35-13-5-3-2-4-6-13/h2-7,9,12,15,19-21,32-33H,11H2,1H3,(H,27,29,30)/t15-,19-,20+,21+,25-/m1/s1. The van der Waals surface area contributed by atoms with Gasteiger partial charge in [0.05, 0.1) is 27.7 Å². The number of imidazole rings is 1. The van der Waals surface area contributed by atoms with E-state index in [4.69, 9.17) is 16.3 Å². The van der Waals surface area contributed by atoms with Gasteiger partial charge in [0.25, 0.3) is 0 Å². The van der Waals surface area contributed by atoms with E-state index in [0.29, 0.717) is 33.5 Å². The van der Waals surface area contributed by atoms with Gasteiger partial charge in [-0.15, -0.1) is 11.3 Å². The molecule has 11 heteroatoms. The summed E-state index contributed by atoms with van der Waals surface area (Å²) in [6.07, 6.45) is -0.555. The lowest BCUT2D eigenvalue weighted by Gasteiger charge is -2.23. The number of aromatic nitrogens is 4. The first-order valence-corrected chi connectivity index (χ1v) is 12.4. The Morgan fingerprint density at radius 1 is 1.22 bits per heavy atom. The van der Waals surface area contributed by atoms with Crippen LogP contribution < -0.4 is 10.1 Å². The molecule has 0 aliphatic heterocycles. The van der Waals surface area contributed by atoms with Crippen molar-refractivity contribution in [3.63, 3.8) is 0 Å². The normalized spacial score (nSPS) is 26.2. The largest absolute Gasteiger partial charge is 0.426 e. The second-order valence-corrected chi connectivity index (χ2v) is 10.5. The summed E-state index contributed by atoms with van der Waals surface area (Å²) in [6, 6.07) is 11.7. The molecule has 6 rings (SSSR count). The number of hydrogen-bond acceptors (Lipinski definition) is 9. The summed E-state index contributed by atoms with van der Waals surface area (Å²) in [5.41, 5.74) is -0.247. The number of nitrogens with one attached hydrogen (secondary N) is 1. The number of fused-ring (bicyclic) bond motifs is 2. The molecule has 36 heavy (non-hydrogen) atoms. The molecule has 0 unspecified atom stereocenters. The summed E-state index contributed by atoms with van der Waals surface area (Å²) in [6.45, 7) is 0. The van der Waals surface area contributed by atoms with Crippen molar-refractivity contribution in [2.75, 3.05) is 12.4 Å². The van der Waals surface area contributed by atoms with Crippen LogP contribution in [0, 0.1) is 23.2 Å². The Labute approximate surface area is 214 Å². The van der Waals surface area contributed by atoms with E-state index in [-0.39, 0.29) is 11.7 Å². The summed E-state index contributed by atoms with van der Waals surface area (Å²) < 4.78 is 7.89. The fraction of sp³-hybridized carbons (Fsp3) is 0.280. The summed E-state index contributed by atoms with van der Waals surface area (Å²) in [7, 11) is 1.72. The maximum absolute atomic E-state index is 13.1. The van der Waals surface area contributed by atoms with E-state index in [2.05, 4.69) is 32.1 Å². The predicted octanol–water partition coefficient (Wildman–Crippen LogP) is 2.87. The number of ether oxygens (including phenoxy) is 1. The minimum Gasteiger partial charge on any atom is -0.426 e. The first kappa shape index (κ1) is 22.9. The zero-order chi connectivity index (χ0) is 25.0. The van der Waals surface area contributed by atoms with Gasteiger partial charge in [-0.1, -0.05) is 29.8 Å². The molecule has 1 aromatic carbocycles. The Balaban J connectivity index is 1.35. The molecular weight excluding hydrogens is 502 g/mol. The van der Waals surface area contributed by atoms with Gasteiger partial charge in [0.1, 0.15) is 17.3 Å². The molecule has 2 fully saturated rings. The maximum atomic E-state index is 13.1. The topological polar surface area (TPSA) is 122 Å². The highest BCUT2D eigenvalue weighted by atomic mass is 35.5.